The molecule has 1 aliphatic heterocycles. The highest BCUT2D eigenvalue weighted by Crippen LogP contribution is 2.20. The number of aryl methyl sites for hydroxylation is 1. The van der Waals surface area contributed by atoms with E-state index in [2.05, 4.69) is 10.3 Å². The van der Waals surface area contributed by atoms with Crippen molar-refractivity contribution in [1.29, 1.82) is 0 Å². The number of aliphatic hydroxyl groups excluding tert-OH is 1. The standard InChI is InChI=1S/C16H25N3O2/c1-3-17-15-10-13(9-12(2)18-15)16(21)19-8-6-4-5-7-14(19)11-20/h9-10,14,20H,3-8,11H2,1-2H3,(H,17,18). The maximum Gasteiger partial charge on any atom is 0.254 e. The monoisotopic (exact) mass is 291 g/mol. The molecule has 0 aromatic carbocycles. The molecule has 116 valence electrons. The van der Waals surface area contributed by atoms with Crippen LogP contribution in [0.3, 0.4) is 0 Å². The fourth-order valence-corrected chi connectivity index (χ4v) is 2.86. The van der Waals surface area contributed by atoms with Crippen molar-refractivity contribution >= 4 is 11.7 Å². The number of aromatic nitrogens is 1. The van der Waals surface area contributed by atoms with Crippen LogP contribution < -0.4 is 5.32 Å². The maximum absolute atomic E-state index is 12.8. The first-order valence-corrected chi connectivity index (χ1v) is 7.80. The minimum Gasteiger partial charge on any atom is -0.394 e. The Bertz CT molecular complexity index is 490. The highest BCUT2D eigenvalue weighted by Gasteiger charge is 2.26. The predicted molar refractivity (Wildman–Crippen MR) is 83.5 cm³/mol. The number of hydrogen-bond acceptors (Lipinski definition) is 4. The van der Waals surface area contributed by atoms with Crippen molar-refractivity contribution in [2.24, 2.45) is 0 Å². The molecular weight excluding hydrogens is 266 g/mol. The molecule has 0 radical (unpaired) electrons. The number of aliphatic hydroxyl groups is 1. The number of nitrogens with zero attached hydrogens (tertiary/aromatic N) is 2. The first-order chi connectivity index (χ1) is 10.2. The molecule has 5 nitrogen and oxygen atoms in total. The minimum absolute atomic E-state index is 0.000558. The second-order valence-corrected chi connectivity index (χ2v) is 5.60. The molecule has 0 saturated carbocycles. The van der Waals surface area contributed by atoms with Gasteiger partial charge < -0.3 is 15.3 Å². The van der Waals surface area contributed by atoms with Crippen molar-refractivity contribution in [2.45, 2.75) is 45.6 Å². The SMILES string of the molecule is CCNc1cc(C(=O)N2CCCCCC2CO)cc(C)n1. The van der Waals surface area contributed by atoms with E-state index in [1.165, 1.54) is 0 Å². The molecule has 1 aliphatic rings. The van der Waals surface area contributed by atoms with Crippen molar-refractivity contribution in [3.05, 3.63) is 23.4 Å². The van der Waals surface area contributed by atoms with Gasteiger partial charge in [-0.2, -0.15) is 0 Å². The summed E-state index contributed by atoms with van der Waals surface area (Å²) in [7, 11) is 0. The average Bonchev–Trinajstić information content (AvgIpc) is 2.71. The highest BCUT2D eigenvalue weighted by molar-refractivity contribution is 5.95. The Morgan fingerprint density at radius 3 is 2.95 bits per heavy atom. The molecule has 5 heteroatoms. The van der Waals surface area contributed by atoms with Crippen LogP contribution in [0.2, 0.25) is 0 Å². The molecule has 1 amide bonds. The summed E-state index contributed by atoms with van der Waals surface area (Å²) < 4.78 is 0. The smallest absolute Gasteiger partial charge is 0.254 e. The van der Waals surface area contributed by atoms with E-state index in [9.17, 15) is 9.90 Å². The number of carbonyl (C=O) groups excluding carboxylic acids is 1. The Morgan fingerprint density at radius 1 is 1.43 bits per heavy atom. The highest BCUT2D eigenvalue weighted by atomic mass is 16.3. The van der Waals surface area contributed by atoms with Crippen LogP contribution in [-0.4, -0.2) is 46.6 Å². The lowest BCUT2D eigenvalue weighted by Crippen LogP contribution is -2.42. The topological polar surface area (TPSA) is 65.5 Å². The molecule has 1 aromatic rings. The molecule has 0 spiro atoms. The van der Waals surface area contributed by atoms with Gasteiger partial charge in [-0.25, -0.2) is 4.98 Å². The number of nitrogens with one attached hydrogen (secondary N) is 1. The fraction of sp³-hybridized carbons (Fsp3) is 0.625. The summed E-state index contributed by atoms with van der Waals surface area (Å²) in [5, 5.41) is 12.7. The van der Waals surface area contributed by atoms with Crippen molar-refractivity contribution in [3.63, 3.8) is 0 Å². The van der Waals surface area contributed by atoms with E-state index in [4.69, 9.17) is 0 Å². The van der Waals surface area contributed by atoms with Crippen LogP contribution in [0.4, 0.5) is 5.82 Å². The molecule has 0 aliphatic carbocycles. The second kappa shape index (κ2) is 7.41. The molecule has 1 saturated heterocycles. The number of hydrogen-bond donors (Lipinski definition) is 2. The van der Waals surface area contributed by atoms with Crippen LogP contribution in [-0.2, 0) is 0 Å². The number of pyridine rings is 1. The summed E-state index contributed by atoms with van der Waals surface area (Å²) in [5.41, 5.74) is 1.48. The van der Waals surface area contributed by atoms with Crippen molar-refractivity contribution in [1.82, 2.24) is 9.88 Å². The third-order valence-corrected chi connectivity index (χ3v) is 3.91. The summed E-state index contributed by atoms with van der Waals surface area (Å²) in [5.74, 6) is 0.733. The maximum atomic E-state index is 12.8. The summed E-state index contributed by atoms with van der Waals surface area (Å²) in [6.45, 7) is 5.43. The number of anilines is 1. The molecule has 1 fully saturated rings. The lowest BCUT2D eigenvalue weighted by Gasteiger charge is -2.29. The van der Waals surface area contributed by atoms with Crippen LogP contribution in [0.15, 0.2) is 12.1 Å². The van der Waals surface area contributed by atoms with E-state index in [1.54, 1.807) is 6.07 Å². The lowest BCUT2D eigenvalue weighted by atomic mass is 10.1. The molecule has 2 N–H and O–H groups in total. The molecule has 1 aromatic heterocycles. The number of carbonyl (C=O) groups is 1. The Labute approximate surface area is 126 Å². The Morgan fingerprint density at radius 2 is 2.24 bits per heavy atom. The molecule has 2 heterocycles. The molecule has 2 rings (SSSR count). The molecule has 1 atom stereocenters. The summed E-state index contributed by atoms with van der Waals surface area (Å²) in [4.78, 5) is 19.0. The van der Waals surface area contributed by atoms with Gasteiger partial charge in [0.15, 0.2) is 0 Å². The van der Waals surface area contributed by atoms with E-state index >= 15 is 0 Å². The molecule has 1 unspecified atom stereocenters. The normalized spacial score (nSPS) is 19.2. The van der Waals surface area contributed by atoms with Crippen LogP contribution in [0.5, 0.6) is 0 Å². The quantitative estimate of drug-likeness (QED) is 0.892. The zero-order chi connectivity index (χ0) is 15.2. The van der Waals surface area contributed by atoms with Crippen molar-refractivity contribution in [2.75, 3.05) is 25.0 Å². The van der Waals surface area contributed by atoms with Gasteiger partial charge in [0.05, 0.1) is 12.6 Å². The predicted octanol–water partition coefficient (Wildman–Crippen LogP) is 2.20. The minimum atomic E-state index is -0.0592. The second-order valence-electron chi connectivity index (χ2n) is 5.60. The van der Waals surface area contributed by atoms with Gasteiger partial charge in [-0.3, -0.25) is 4.79 Å². The van der Waals surface area contributed by atoms with Crippen LogP contribution in [0, 0.1) is 6.92 Å². The van der Waals surface area contributed by atoms with Gasteiger partial charge in [0.1, 0.15) is 5.82 Å². The molecule has 0 bridgehead atoms. The van der Waals surface area contributed by atoms with E-state index in [0.29, 0.717) is 5.56 Å². The molecule has 21 heavy (non-hydrogen) atoms. The van der Waals surface area contributed by atoms with E-state index in [0.717, 1.165) is 50.3 Å². The summed E-state index contributed by atoms with van der Waals surface area (Å²) >= 11 is 0. The Balaban J connectivity index is 2.24. The van der Waals surface area contributed by atoms with Gasteiger partial charge in [-0.15, -0.1) is 0 Å². The largest absolute Gasteiger partial charge is 0.394 e. The lowest BCUT2D eigenvalue weighted by molar-refractivity contribution is 0.0599. The summed E-state index contributed by atoms with van der Waals surface area (Å²) in [6.07, 6.45) is 4.09. The van der Waals surface area contributed by atoms with Crippen LogP contribution >= 0.6 is 0 Å². The number of rotatable bonds is 4. The van der Waals surface area contributed by atoms with E-state index < -0.39 is 0 Å². The van der Waals surface area contributed by atoms with Crippen LogP contribution in [0.25, 0.3) is 0 Å². The number of likely N-dealkylation sites (tertiary alicyclic amines) is 1. The van der Waals surface area contributed by atoms with Crippen LogP contribution in [0.1, 0.15) is 48.7 Å². The van der Waals surface area contributed by atoms with Gasteiger partial charge in [0.2, 0.25) is 0 Å². The Hall–Kier alpha value is -1.62. The third kappa shape index (κ3) is 3.94. The average molecular weight is 291 g/mol. The van der Waals surface area contributed by atoms with Gasteiger partial charge >= 0.3 is 0 Å². The van der Waals surface area contributed by atoms with Gasteiger partial charge in [-0.1, -0.05) is 12.8 Å². The Kier molecular flexibility index (Phi) is 5.56. The first kappa shape index (κ1) is 15.8. The third-order valence-electron chi connectivity index (χ3n) is 3.91. The van der Waals surface area contributed by atoms with Crippen molar-refractivity contribution in [3.8, 4) is 0 Å². The zero-order valence-electron chi connectivity index (χ0n) is 12.9. The summed E-state index contributed by atoms with van der Waals surface area (Å²) in [6, 6.07) is 3.57. The van der Waals surface area contributed by atoms with Gasteiger partial charge in [-0.05, 0) is 38.8 Å². The van der Waals surface area contributed by atoms with Gasteiger partial charge in [0, 0.05) is 24.3 Å². The van der Waals surface area contributed by atoms with Crippen molar-refractivity contribution < 1.29 is 9.90 Å². The number of amides is 1. The van der Waals surface area contributed by atoms with E-state index in [1.807, 2.05) is 24.8 Å². The van der Waals surface area contributed by atoms with Gasteiger partial charge in [0.25, 0.3) is 5.91 Å². The zero-order valence-corrected chi connectivity index (χ0v) is 12.9. The molecular formula is C16H25N3O2. The first-order valence-electron chi connectivity index (χ1n) is 7.80. The van der Waals surface area contributed by atoms with E-state index in [-0.39, 0.29) is 18.6 Å². The fourth-order valence-electron chi connectivity index (χ4n) is 2.86.